The Morgan fingerprint density at radius 1 is 0.864 bits per heavy atom. The number of aliphatic carboxylic acids is 2. The molecule has 0 aromatic carbocycles. The van der Waals surface area contributed by atoms with Crippen molar-refractivity contribution >= 4 is 44.3 Å². The van der Waals surface area contributed by atoms with E-state index in [0.717, 1.165) is 19.7 Å². The lowest BCUT2D eigenvalue weighted by Gasteiger charge is -2.19. The summed E-state index contributed by atoms with van der Waals surface area (Å²) in [6.45, 7) is 7.38. The van der Waals surface area contributed by atoms with Gasteiger partial charge in [0.2, 0.25) is 0 Å². The summed E-state index contributed by atoms with van der Waals surface area (Å²) in [6.07, 6.45) is 0.0102. The van der Waals surface area contributed by atoms with Crippen molar-refractivity contribution in [1.29, 1.82) is 0 Å². The van der Waals surface area contributed by atoms with E-state index in [-0.39, 0.29) is 12.8 Å². The number of aromatic nitrogens is 2. The molecule has 0 aliphatic heterocycles. The lowest BCUT2D eigenvalue weighted by atomic mass is 9.90. The van der Waals surface area contributed by atoms with E-state index < -0.39 is 22.8 Å². The van der Waals surface area contributed by atoms with Crippen LogP contribution in [0.4, 0.5) is 0 Å². The number of carbonyl (C=O) groups is 2. The normalized spacial score (nSPS) is 12.7. The van der Waals surface area contributed by atoms with Gasteiger partial charge in [0, 0.05) is 10.8 Å². The molecule has 2 heterocycles. The molecule has 0 spiro atoms. The van der Waals surface area contributed by atoms with Gasteiger partial charge in [0.1, 0.15) is 10.0 Å². The van der Waals surface area contributed by atoms with Crippen molar-refractivity contribution in [3.8, 4) is 0 Å². The van der Waals surface area contributed by atoms with Crippen molar-refractivity contribution in [3.05, 3.63) is 10.0 Å². The van der Waals surface area contributed by atoms with Gasteiger partial charge in [-0.15, -0.1) is 0 Å². The highest BCUT2D eigenvalue weighted by atomic mass is 32.1. The SMILES string of the molecule is CC(C)(CC(=O)O)c1nc2sc(C(C)(C)CC(=O)O)nc2s1. The van der Waals surface area contributed by atoms with Gasteiger partial charge in [-0.2, -0.15) is 0 Å². The molecule has 0 aliphatic rings. The Morgan fingerprint density at radius 3 is 1.45 bits per heavy atom. The number of carboxylic acids is 2. The van der Waals surface area contributed by atoms with Crippen LogP contribution in [0.5, 0.6) is 0 Å². The molecule has 2 rings (SSSR count). The molecule has 2 N–H and O–H groups in total. The highest BCUT2D eigenvalue weighted by Gasteiger charge is 2.32. The van der Waals surface area contributed by atoms with Gasteiger partial charge < -0.3 is 10.2 Å². The Labute approximate surface area is 135 Å². The zero-order chi connectivity index (χ0) is 16.7. The lowest BCUT2D eigenvalue weighted by Crippen LogP contribution is -2.21. The van der Waals surface area contributed by atoms with Crippen LogP contribution in [0.2, 0.25) is 0 Å². The Kier molecular flexibility index (Phi) is 4.27. The van der Waals surface area contributed by atoms with Crippen molar-refractivity contribution < 1.29 is 19.8 Å². The highest BCUT2D eigenvalue weighted by Crippen LogP contribution is 2.39. The molecule has 0 unspecified atom stereocenters. The van der Waals surface area contributed by atoms with Crippen LogP contribution < -0.4 is 0 Å². The third kappa shape index (κ3) is 3.44. The zero-order valence-corrected chi connectivity index (χ0v) is 14.5. The molecule has 0 amide bonds. The molecule has 0 bridgehead atoms. The number of thiazole rings is 2. The molecule has 22 heavy (non-hydrogen) atoms. The molecule has 0 atom stereocenters. The summed E-state index contributed by atoms with van der Waals surface area (Å²) >= 11 is 2.76. The molecule has 0 aliphatic carbocycles. The van der Waals surface area contributed by atoms with Gasteiger partial charge in [0.05, 0.1) is 12.8 Å². The Balaban J connectivity index is 2.34. The van der Waals surface area contributed by atoms with Crippen molar-refractivity contribution in [3.63, 3.8) is 0 Å². The fourth-order valence-electron chi connectivity index (χ4n) is 2.13. The molecule has 2 aromatic heterocycles. The fourth-order valence-corrected chi connectivity index (χ4v) is 4.37. The molecule has 6 nitrogen and oxygen atoms in total. The number of carboxylic acid groups (broad SMARTS) is 2. The monoisotopic (exact) mass is 342 g/mol. The van der Waals surface area contributed by atoms with Crippen molar-refractivity contribution in [2.75, 3.05) is 0 Å². The largest absolute Gasteiger partial charge is 0.481 e. The number of nitrogens with zero attached hydrogens (tertiary/aromatic N) is 2. The van der Waals surface area contributed by atoms with E-state index >= 15 is 0 Å². The van der Waals surface area contributed by atoms with Crippen LogP contribution in [0.1, 0.15) is 50.6 Å². The van der Waals surface area contributed by atoms with E-state index in [9.17, 15) is 9.59 Å². The molecule has 0 radical (unpaired) electrons. The van der Waals surface area contributed by atoms with Gasteiger partial charge in [-0.05, 0) is 0 Å². The molecule has 2 aromatic rings. The standard InChI is InChI=1S/C14H18N2O4S2/c1-13(2,5-7(17)18)11-15-9-10(21-11)16-12(22-9)14(3,4)6-8(19)20/h5-6H2,1-4H3,(H,17,18)(H,19,20). The van der Waals surface area contributed by atoms with E-state index in [1.807, 2.05) is 27.7 Å². The molecule has 0 saturated carbocycles. The van der Waals surface area contributed by atoms with E-state index in [1.54, 1.807) is 0 Å². The van der Waals surface area contributed by atoms with Crippen LogP contribution in [0.15, 0.2) is 0 Å². The predicted molar refractivity (Wildman–Crippen MR) is 85.8 cm³/mol. The van der Waals surface area contributed by atoms with Crippen LogP contribution in [0, 0.1) is 0 Å². The summed E-state index contributed by atoms with van der Waals surface area (Å²) in [6, 6.07) is 0. The minimum atomic E-state index is -0.861. The second-order valence-corrected chi connectivity index (χ2v) is 8.51. The molecular weight excluding hydrogens is 324 g/mol. The second kappa shape index (κ2) is 5.58. The maximum Gasteiger partial charge on any atom is 0.304 e. The maximum atomic E-state index is 10.9. The number of rotatable bonds is 6. The van der Waals surface area contributed by atoms with E-state index in [0.29, 0.717) is 0 Å². The van der Waals surface area contributed by atoms with Crippen LogP contribution in [-0.2, 0) is 20.4 Å². The van der Waals surface area contributed by atoms with Crippen LogP contribution in [0.3, 0.4) is 0 Å². The average molecular weight is 342 g/mol. The summed E-state index contributed by atoms with van der Waals surface area (Å²) in [4.78, 5) is 32.4. The van der Waals surface area contributed by atoms with Gasteiger partial charge in [-0.25, -0.2) is 9.97 Å². The van der Waals surface area contributed by atoms with Gasteiger partial charge in [-0.3, -0.25) is 9.59 Å². The van der Waals surface area contributed by atoms with Crippen LogP contribution in [0.25, 0.3) is 9.66 Å². The predicted octanol–water partition coefficient (Wildman–Crippen LogP) is 3.26. The summed E-state index contributed by atoms with van der Waals surface area (Å²) in [5.74, 6) is -1.72. The van der Waals surface area contributed by atoms with E-state index in [4.69, 9.17) is 10.2 Å². The number of hydrogen-bond donors (Lipinski definition) is 2. The third-order valence-electron chi connectivity index (χ3n) is 3.32. The van der Waals surface area contributed by atoms with Gasteiger partial charge >= 0.3 is 11.9 Å². The summed E-state index contributed by atoms with van der Waals surface area (Å²) in [7, 11) is 0. The maximum absolute atomic E-state index is 10.9. The fraction of sp³-hybridized carbons (Fsp3) is 0.571. The first-order valence-electron chi connectivity index (χ1n) is 6.73. The Bertz CT molecular complexity index is 641. The first kappa shape index (κ1) is 16.8. The summed E-state index contributed by atoms with van der Waals surface area (Å²) in [5, 5.41) is 19.4. The summed E-state index contributed by atoms with van der Waals surface area (Å²) in [5.41, 5.74) is -1.10. The van der Waals surface area contributed by atoms with Crippen LogP contribution >= 0.6 is 22.7 Å². The molecule has 8 heteroatoms. The van der Waals surface area contributed by atoms with Gasteiger partial charge in [0.15, 0.2) is 9.66 Å². The number of hydrogen-bond acceptors (Lipinski definition) is 6. The number of fused-ring (bicyclic) bond motifs is 1. The smallest absolute Gasteiger partial charge is 0.304 e. The molecular formula is C14H18N2O4S2. The molecule has 0 fully saturated rings. The average Bonchev–Trinajstić information content (AvgIpc) is 2.81. The van der Waals surface area contributed by atoms with Gasteiger partial charge in [-0.1, -0.05) is 50.4 Å². The topological polar surface area (TPSA) is 100 Å². The minimum Gasteiger partial charge on any atom is -0.481 e. The van der Waals surface area contributed by atoms with Crippen molar-refractivity contribution in [2.45, 2.75) is 51.4 Å². The van der Waals surface area contributed by atoms with E-state index in [1.165, 1.54) is 22.7 Å². The third-order valence-corrected chi connectivity index (χ3v) is 6.08. The molecule has 0 saturated heterocycles. The first-order valence-corrected chi connectivity index (χ1v) is 8.36. The van der Waals surface area contributed by atoms with Crippen molar-refractivity contribution in [1.82, 2.24) is 9.97 Å². The van der Waals surface area contributed by atoms with Crippen LogP contribution in [-0.4, -0.2) is 32.1 Å². The Morgan fingerprint density at radius 2 is 1.18 bits per heavy atom. The Hall–Kier alpha value is -1.54. The summed E-state index contributed by atoms with van der Waals surface area (Å²) < 4.78 is 0. The lowest BCUT2D eigenvalue weighted by molar-refractivity contribution is -0.139. The van der Waals surface area contributed by atoms with E-state index in [2.05, 4.69) is 9.97 Å². The van der Waals surface area contributed by atoms with Crippen molar-refractivity contribution in [2.24, 2.45) is 0 Å². The van der Waals surface area contributed by atoms with Gasteiger partial charge in [0.25, 0.3) is 0 Å². The quantitative estimate of drug-likeness (QED) is 0.835. The second-order valence-electron chi connectivity index (χ2n) is 6.56. The zero-order valence-electron chi connectivity index (χ0n) is 12.8. The first-order chi connectivity index (χ1) is 10.0. The molecule has 120 valence electrons. The minimum absolute atomic E-state index is 0.00510. The highest BCUT2D eigenvalue weighted by molar-refractivity contribution is 7.26.